The van der Waals surface area contributed by atoms with Crippen molar-refractivity contribution >= 4 is 12.4 Å². The highest BCUT2D eigenvalue weighted by Gasteiger charge is 2.42. The molecule has 2 N–H and O–H groups in total. The molecule has 1 fully saturated rings. The molecule has 0 aromatic rings. The van der Waals surface area contributed by atoms with Crippen LogP contribution in [0.15, 0.2) is 0 Å². The Hall–Kier alpha value is -0.0000000000000000555. The minimum Gasteiger partial charge on any atom is -0.381 e. The minimum atomic E-state index is -4.29. The Morgan fingerprint density at radius 2 is 2.00 bits per heavy atom. The second kappa shape index (κ2) is 5.02. The van der Waals surface area contributed by atoms with Gasteiger partial charge in [0.15, 0.2) is 0 Å². The molecule has 1 saturated heterocycles. The molecule has 13 heavy (non-hydrogen) atoms. The number of alkyl halides is 3. The lowest BCUT2D eigenvalue weighted by molar-refractivity contribution is -0.167. The van der Waals surface area contributed by atoms with E-state index in [2.05, 4.69) is 0 Å². The summed E-state index contributed by atoms with van der Waals surface area (Å²) >= 11 is 0. The van der Waals surface area contributed by atoms with E-state index < -0.39 is 18.1 Å². The molecule has 2 atom stereocenters. The van der Waals surface area contributed by atoms with Crippen LogP contribution in [0.5, 0.6) is 0 Å². The molecule has 6 heteroatoms. The molecule has 2 unspecified atom stereocenters. The summed E-state index contributed by atoms with van der Waals surface area (Å²) in [6, 6.07) is -1.72. The van der Waals surface area contributed by atoms with Gasteiger partial charge in [-0.1, -0.05) is 0 Å². The predicted molar refractivity (Wildman–Crippen MR) is 44.8 cm³/mol. The molecule has 0 aromatic heterocycles. The van der Waals surface area contributed by atoms with Crippen LogP contribution >= 0.6 is 12.4 Å². The van der Waals surface area contributed by atoms with Crippen LogP contribution in [0.1, 0.15) is 12.8 Å². The first-order chi connectivity index (χ1) is 5.52. The average Bonchev–Trinajstić information content (AvgIpc) is 2.03. The molecule has 0 saturated carbocycles. The summed E-state index contributed by atoms with van der Waals surface area (Å²) in [5, 5.41) is 0. The number of rotatable bonds is 1. The largest absolute Gasteiger partial charge is 0.403 e. The maximum Gasteiger partial charge on any atom is 0.403 e. The van der Waals surface area contributed by atoms with Crippen LogP contribution in [-0.4, -0.2) is 25.4 Å². The summed E-state index contributed by atoms with van der Waals surface area (Å²) in [6.07, 6.45) is -3.10. The molecule has 1 heterocycles. The average molecular weight is 220 g/mol. The van der Waals surface area contributed by atoms with Gasteiger partial charge in [0.2, 0.25) is 0 Å². The first-order valence-electron chi connectivity index (χ1n) is 3.92. The van der Waals surface area contributed by atoms with Gasteiger partial charge >= 0.3 is 6.18 Å². The van der Waals surface area contributed by atoms with Crippen molar-refractivity contribution in [3.05, 3.63) is 0 Å². The van der Waals surface area contributed by atoms with Crippen LogP contribution in [0.3, 0.4) is 0 Å². The molecule has 0 amide bonds. The lowest BCUT2D eigenvalue weighted by Crippen LogP contribution is -2.46. The van der Waals surface area contributed by atoms with E-state index in [0.29, 0.717) is 19.4 Å². The normalized spacial score (nSPS) is 26.3. The summed E-state index contributed by atoms with van der Waals surface area (Å²) < 4.78 is 41.1. The molecule has 2 nitrogen and oxygen atoms in total. The zero-order valence-corrected chi connectivity index (χ0v) is 7.83. The third-order valence-electron chi connectivity index (χ3n) is 2.08. The van der Waals surface area contributed by atoms with Gasteiger partial charge in [0.05, 0.1) is 6.61 Å². The van der Waals surface area contributed by atoms with Crippen LogP contribution in [0.2, 0.25) is 0 Å². The molecule has 1 aliphatic rings. The standard InChI is InChI=1S/C7H12F3NO.ClH/c8-7(9,10)6(11)5-2-1-3-12-4-5;/h5-6H,1-4,11H2;1H. The van der Waals surface area contributed by atoms with Gasteiger partial charge in [-0.3, -0.25) is 0 Å². The number of hydrogen-bond donors (Lipinski definition) is 1. The highest BCUT2D eigenvalue weighted by Crippen LogP contribution is 2.28. The number of ether oxygens (including phenoxy) is 1. The van der Waals surface area contributed by atoms with Crippen LogP contribution < -0.4 is 5.73 Å². The van der Waals surface area contributed by atoms with E-state index in [9.17, 15) is 13.2 Å². The second-order valence-corrected chi connectivity index (χ2v) is 3.04. The van der Waals surface area contributed by atoms with E-state index in [1.165, 1.54) is 0 Å². The van der Waals surface area contributed by atoms with Crippen LogP contribution in [0.25, 0.3) is 0 Å². The van der Waals surface area contributed by atoms with Gasteiger partial charge in [-0.15, -0.1) is 12.4 Å². The third kappa shape index (κ3) is 3.70. The fourth-order valence-corrected chi connectivity index (χ4v) is 1.32. The van der Waals surface area contributed by atoms with Crippen molar-refractivity contribution in [3.63, 3.8) is 0 Å². The Morgan fingerprint density at radius 1 is 1.38 bits per heavy atom. The maximum absolute atomic E-state index is 12.1. The fraction of sp³-hybridized carbons (Fsp3) is 1.00. The summed E-state index contributed by atoms with van der Waals surface area (Å²) in [5.74, 6) is -0.557. The van der Waals surface area contributed by atoms with Gasteiger partial charge in [0.1, 0.15) is 6.04 Å². The summed E-state index contributed by atoms with van der Waals surface area (Å²) in [5.41, 5.74) is 5.02. The molecule has 0 aliphatic carbocycles. The Bertz CT molecular complexity index is 147. The fourth-order valence-electron chi connectivity index (χ4n) is 1.32. The van der Waals surface area contributed by atoms with Gasteiger partial charge in [-0.25, -0.2) is 0 Å². The van der Waals surface area contributed by atoms with Gasteiger partial charge < -0.3 is 10.5 Å². The number of halogens is 4. The molecule has 0 radical (unpaired) electrons. The maximum atomic E-state index is 12.1. The lowest BCUT2D eigenvalue weighted by atomic mass is 9.94. The minimum absolute atomic E-state index is 0. The molecule has 0 bridgehead atoms. The van der Waals surface area contributed by atoms with E-state index in [0.717, 1.165) is 0 Å². The molecule has 1 aliphatic heterocycles. The van der Waals surface area contributed by atoms with Crippen molar-refractivity contribution in [2.75, 3.05) is 13.2 Å². The van der Waals surface area contributed by atoms with Crippen LogP contribution in [0.4, 0.5) is 13.2 Å². The molecule has 1 rings (SSSR count). The zero-order chi connectivity index (χ0) is 9.19. The number of nitrogens with two attached hydrogens (primary N) is 1. The smallest absolute Gasteiger partial charge is 0.381 e. The van der Waals surface area contributed by atoms with E-state index >= 15 is 0 Å². The van der Waals surface area contributed by atoms with Gasteiger partial charge in [-0.05, 0) is 12.8 Å². The summed E-state index contributed by atoms with van der Waals surface area (Å²) in [7, 11) is 0. The molecule has 0 spiro atoms. The summed E-state index contributed by atoms with van der Waals surface area (Å²) in [6.45, 7) is 0.696. The van der Waals surface area contributed by atoms with Crippen molar-refractivity contribution in [2.24, 2.45) is 11.7 Å². The Morgan fingerprint density at radius 3 is 2.38 bits per heavy atom. The summed E-state index contributed by atoms with van der Waals surface area (Å²) in [4.78, 5) is 0. The first kappa shape index (κ1) is 13.0. The van der Waals surface area contributed by atoms with Crippen molar-refractivity contribution in [1.82, 2.24) is 0 Å². The monoisotopic (exact) mass is 219 g/mol. The van der Waals surface area contributed by atoms with Crippen LogP contribution in [-0.2, 0) is 4.74 Å². The SMILES string of the molecule is Cl.NC(C1CCCOC1)C(F)(F)F. The van der Waals surface area contributed by atoms with E-state index in [-0.39, 0.29) is 19.0 Å². The molecule has 80 valence electrons. The van der Waals surface area contributed by atoms with Gasteiger partial charge in [-0.2, -0.15) is 13.2 Å². The first-order valence-corrected chi connectivity index (χ1v) is 3.92. The molecular formula is C7H13ClF3NO. The molecular weight excluding hydrogens is 207 g/mol. The molecule has 0 aromatic carbocycles. The van der Waals surface area contributed by atoms with Crippen molar-refractivity contribution in [1.29, 1.82) is 0 Å². The predicted octanol–water partition coefficient (Wildman–Crippen LogP) is 1.72. The Labute approximate surface area is 81.0 Å². The van der Waals surface area contributed by atoms with Crippen molar-refractivity contribution in [3.8, 4) is 0 Å². The highest BCUT2D eigenvalue weighted by molar-refractivity contribution is 5.85. The van der Waals surface area contributed by atoms with Gasteiger partial charge in [0, 0.05) is 12.5 Å². The van der Waals surface area contributed by atoms with Gasteiger partial charge in [0.25, 0.3) is 0 Å². The highest BCUT2D eigenvalue weighted by atomic mass is 35.5. The van der Waals surface area contributed by atoms with Crippen LogP contribution in [0, 0.1) is 5.92 Å². The van der Waals surface area contributed by atoms with E-state index in [4.69, 9.17) is 10.5 Å². The van der Waals surface area contributed by atoms with Crippen molar-refractivity contribution < 1.29 is 17.9 Å². The quantitative estimate of drug-likeness (QED) is 0.729. The van der Waals surface area contributed by atoms with Crippen molar-refractivity contribution in [2.45, 2.75) is 25.1 Å². The number of hydrogen-bond acceptors (Lipinski definition) is 2. The Balaban J connectivity index is 0.00000144. The Kier molecular flexibility index (Phi) is 5.02. The lowest BCUT2D eigenvalue weighted by Gasteiger charge is -2.28. The van der Waals surface area contributed by atoms with E-state index in [1.807, 2.05) is 0 Å². The second-order valence-electron chi connectivity index (χ2n) is 3.04. The zero-order valence-electron chi connectivity index (χ0n) is 7.01. The van der Waals surface area contributed by atoms with E-state index in [1.54, 1.807) is 0 Å². The topological polar surface area (TPSA) is 35.2 Å². The third-order valence-corrected chi connectivity index (χ3v) is 2.08.